The first-order valence-electron chi connectivity index (χ1n) is 7.76. The standard InChI is InChI=1S/C16H17F3N4O3/c1-2-3-8-23-9-12(21-13(23)14(24)25)22-15(26)20-11-6-4-10(5-7-11)16(17,18)19/h4-7,9H,2-3,8H2,1H3,(H,24,25)(H2,20,22,26). The molecule has 1 aromatic heterocycles. The van der Waals surface area contributed by atoms with Crippen LogP contribution in [-0.2, 0) is 12.7 Å². The van der Waals surface area contributed by atoms with Gasteiger partial charge in [0.1, 0.15) is 0 Å². The fourth-order valence-corrected chi connectivity index (χ4v) is 2.17. The molecule has 3 N–H and O–H groups in total. The summed E-state index contributed by atoms with van der Waals surface area (Å²) in [5.74, 6) is -1.40. The lowest BCUT2D eigenvalue weighted by molar-refractivity contribution is -0.137. The number of carbonyl (C=O) groups is 2. The number of rotatable bonds is 6. The van der Waals surface area contributed by atoms with E-state index in [9.17, 15) is 22.8 Å². The molecule has 1 heterocycles. The summed E-state index contributed by atoms with van der Waals surface area (Å²) in [5, 5.41) is 13.9. The molecular weight excluding hydrogens is 353 g/mol. The van der Waals surface area contributed by atoms with Gasteiger partial charge in [-0.25, -0.2) is 14.6 Å². The minimum absolute atomic E-state index is 0.0305. The number of urea groups is 1. The average molecular weight is 370 g/mol. The van der Waals surface area contributed by atoms with Crippen LogP contribution in [0.2, 0.25) is 0 Å². The molecule has 0 radical (unpaired) electrons. The van der Waals surface area contributed by atoms with E-state index in [1.54, 1.807) is 0 Å². The van der Waals surface area contributed by atoms with Crippen molar-refractivity contribution in [3.63, 3.8) is 0 Å². The van der Waals surface area contributed by atoms with Crippen LogP contribution in [-0.4, -0.2) is 26.7 Å². The molecule has 0 aliphatic rings. The monoisotopic (exact) mass is 370 g/mol. The van der Waals surface area contributed by atoms with E-state index in [1.165, 1.54) is 10.8 Å². The Morgan fingerprint density at radius 3 is 2.38 bits per heavy atom. The number of benzene rings is 1. The summed E-state index contributed by atoms with van der Waals surface area (Å²) in [5.41, 5.74) is -0.677. The second-order valence-corrected chi connectivity index (χ2v) is 5.46. The molecule has 0 atom stereocenters. The zero-order chi connectivity index (χ0) is 19.3. The Kier molecular flexibility index (Phi) is 5.86. The number of carboxylic acid groups (broad SMARTS) is 1. The molecule has 140 valence electrons. The van der Waals surface area contributed by atoms with Crippen LogP contribution in [0.15, 0.2) is 30.5 Å². The highest BCUT2D eigenvalue weighted by Gasteiger charge is 2.30. The molecule has 0 unspecified atom stereocenters. The topological polar surface area (TPSA) is 96.3 Å². The zero-order valence-electron chi connectivity index (χ0n) is 13.8. The Morgan fingerprint density at radius 1 is 1.19 bits per heavy atom. The summed E-state index contributed by atoms with van der Waals surface area (Å²) in [6.07, 6.45) is -1.47. The van der Waals surface area contributed by atoms with Gasteiger partial charge in [-0.2, -0.15) is 13.2 Å². The molecule has 7 nitrogen and oxygen atoms in total. The lowest BCUT2D eigenvalue weighted by atomic mass is 10.2. The maximum atomic E-state index is 12.5. The van der Waals surface area contributed by atoms with Crippen molar-refractivity contribution in [1.82, 2.24) is 9.55 Å². The number of anilines is 2. The van der Waals surface area contributed by atoms with E-state index in [0.29, 0.717) is 6.54 Å². The molecule has 0 spiro atoms. The van der Waals surface area contributed by atoms with Crippen LogP contribution in [0, 0.1) is 0 Å². The smallest absolute Gasteiger partial charge is 0.416 e. The van der Waals surface area contributed by atoms with Crippen molar-refractivity contribution in [2.24, 2.45) is 0 Å². The molecule has 2 amide bonds. The van der Waals surface area contributed by atoms with E-state index in [0.717, 1.165) is 37.1 Å². The maximum Gasteiger partial charge on any atom is 0.416 e. The number of hydrogen-bond donors (Lipinski definition) is 3. The molecule has 0 aliphatic carbocycles. The Bertz CT molecular complexity index is 785. The normalized spacial score (nSPS) is 11.2. The van der Waals surface area contributed by atoms with Gasteiger partial charge in [-0.1, -0.05) is 13.3 Å². The minimum atomic E-state index is -4.46. The quantitative estimate of drug-likeness (QED) is 0.715. The van der Waals surface area contributed by atoms with Gasteiger partial charge < -0.3 is 15.0 Å². The van der Waals surface area contributed by atoms with Crippen LogP contribution in [0.4, 0.5) is 29.5 Å². The van der Waals surface area contributed by atoms with Crippen molar-refractivity contribution in [1.29, 1.82) is 0 Å². The van der Waals surface area contributed by atoms with Gasteiger partial charge in [0.2, 0.25) is 5.82 Å². The Labute approximate surface area is 146 Å². The summed E-state index contributed by atoms with van der Waals surface area (Å²) < 4.78 is 38.9. The first-order chi connectivity index (χ1) is 12.2. The fraction of sp³-hybridized carbons (Fsp3) is 0.312. The van der Waals surface area contributed by atoms with Crippen molar-refractivity contribution in [2.75, 3.05) is 10.6 Å². The third kappa shape index (κ3) is 4.98. The van der Waals surface area contributed by atoms with Crippen molar-refractivity contribution in [3.05, 3.63) is 41.9 Å². The van der Waals surface area contributed by atoms with Gasteiger partial charge in [-0.15, -0.1) is 0 Å². The molecule has 0 bridgehead atoms. The number of alkyl halides is 3. The molecule has 2 rings (SSSR count). The van der Waals surface area contributed by atoms with Crippen molar-refractivity contribution in [2.45, 2.75) is 32.5 Å². The number of nitrogens with zero attached hydrogens (tertiary/aromatic N) is 2. The van der Waals surface area contributed by atoms with E-state index >= 15 is 0 Å². The number of hydrogen-bond acceptors (Lipinski definition) is 3. The molecule has 26 heavy (non-hydrogen) atoms. The highest BCUT2D eigenvalue weighted by Crippen LogP contribution is 2.29. The third-order valence-corrected chi connectivity index (χ3v) is 3.43. The molecule has 0 saturated heterocycles. The SMILES string of the molecule is CCCCn1cc(NC(=O)Nc2ccc(C(F)(F)F)cc2)nc1C(=O)O. The van der Waals surface area contributed by atoms with Crippen molar-refractivity contribution < 1.29 is 27.9 Å². The number of aromatic nitrogens is 2. The summed E-state index contributed by atoms with van der Waals surface area (Å²) in [6.45, 7) is 2.39. The molecule has 10 heteroatoms. The predicted octanol–water partition coefficient (Wildman–Crippen LogP) is 4.04. The lowest BCUT2D eigenvalue weighted by Gasteiger charge is -2.08. The Balaban J connectivity index is 2.04. The summed E-state index contributed by atoms with van der Waals surface area (Å²) in [6, 6.07) is 3.17. The first-order valence-corrected chi connectivity index (χ1v) is 7.76. The summed E-state index contributed by atoms with van der Waals surface area (Å²) in [7, 11) is 0. The van der Waals surface area contributed by atoms with Gasteiger partial charge >= 0.3 is 18.2 Å². The molecule has 2 aromatic rings. The number of halogens is 3. The van der Waals surface area contributed by atoms with E-state index in [2.05, 4.69) is 15.6 Å². The second-order valence-electron chi connectivity index (χ2n) is 5.46. The van der Waals surface area contributed by atoms with E-state index in [1.807, 2.05) is 6.92 Å². The number of aryl methyl sites for hydroxylation is 1. The fourth-order valence-electron chi connectivity index (χ4n) is 2.17. The molecule has 1 aromatic carbocycles. The number of amides is 2. The summed E-state index contributed by atoms with van der Waals surface area (Å²) in [4.78, 5) is 26.9. The van der Waals surface area contributed by atoms with Gasteiger partial charge in [-0.05, 0) is 30.7 Å². The number of nitrogens with one attached hydrogen (secondary N) is 2. The van der Waals surface area contributed by atoms with Crippen LogP contribution < -0.4 is 10.6 Å². The number of imidazole rings is 1. The Morgan fingerprint density at radius 2 is 1.85 bits per heavy atom. The minimum Gasteiger partial charge on any atom is -0.475 e. The van der Waals surface area contributed by atoms with Crippen LogP contribution in [0.5, 0.6) is 0 Å². The van der Waals surface area contributed by atoms with Gasteiger partial charge in [0.25, 0.3) is 0 Å². The van der Waals surface area contributed by atoms with Gasteiger partial charge in [0.15, 0.2) is 5.82 Å². The predicted molar refractivity (Wildman–Crippen MR) is 88.2 cm³/mol. The van der Waals surface area contributed by atoms with Gasteiger partial charge in [0.05, 0.1) is 5.56 Å². The first kappa shape index (κ1) is 19.3. The van der Waals surface area contributed by atoms with E-state index < -0.39 is 23.7 Å². The molecule has 0 fully saturated rings. The molecule has 0 aliphatic heterocycles. The van der Waals surface area contributed by atoms with Crippen LogP contribution in [0.3, 0.4) is 0 Å². The van der Waals surface area contributed by atoms with E-state index in [4.69, 9.17) is 5.11 Å². The third-order valence-electron chi connectivity index (χ3n) is 3.43. The van der Waals surface area contributed by atoms with Crippen LogP contribution in [0.25, 0.3) is 0 Å². The average Bonchev–Trinajstić information content (AvgIpc) is 2.95. The lowest BCUT2D eigenvalue weighted by Crippen LogP contribution is -2.19. The van der Waals surface area contributed by atoms with Crippen molar-refractivity contribution in [3.8, 4) is 0 Å². The van der Waals surface area contributed by atoms with Crippen LogP contribution >= 0.6 is 0 Å². The molecule has 0 saturated carbocycles. The highest BCUT2D eigenvalue weighted by molar-refractivity contribution is 5.99. The zero-order valence-corrected chi connectivity index (χ0v) is 13.8. The summed E-state index contributed by atoms with van der Waals surface area (Å²) >= 11 is 0. The number of carboxylic acids is 1. The Hall–Kier alpha value is -3.04. The van der Waals surface area contributed by atoms with Gasteiger partial charge in [-0.3, -0.25) is 5.32 Å². The second kappa shape index (κ2) is 7.89. The number of aromatic carboxylic acids is 1. The van der Waals surface area contributed by atoms with Gasteiger partial charge in [0, 0.05) is 18.4 Å². The largest absolute Gasteiger partial charge is 0.475 e. The van der Waals surface area contributed by atoms with Crippen molar-refractivity contribution >= 4 is 23.5 Å². The number of unbranched alkanes of at least 4 members (excludes halogenated alkanes) is 1. The maximum absolute atomic E-state index is 12.5. The highest BCUT2D eigenvalue weighted by atomic mass is 19.4. The van der Waals surface area contributed by atoms with E-state index in [-0.39, 0.29) is 17.3 Å². The van der Waals surface area contributed by atoms with Crippen LogP contribution in [0.1, 0.15) is 35.9 Å². The number of carbonyl (C=O) groups excluding carboxylic acids is 1. The molecular formula is C16H17F3N4O3.